The molecule has 0 amide bonds. The third kappa shape index (κ3) is 3.42. The summed E-state index contributed by atoms with van der Waals surface area (Å²) in [4.78, 5) is 2.70. The monoisotopic (exact) mass is 272 g/mol. The van der Waals surface area contributed by atoms with E-state index in [4.69, 9.17) is 0 Å². The zero-order valence-corrected chi connectivity index (χ0v) is 13.2. The molecule has 1 aromatic carbocycles. The fraction of sp³-hybridized carbons (Fsp3) is 0.667. The third-order valence-corrected chi connectivity index (χ3v) is 4.84. The summed E-state index contributed by atoms with van der Waals surface area (Å²) >= 11 is 0. The molecule has 2 nitrogen and oxygen atoms in total. The van der Waals surface area contributed by atoms with Gasteiger partial charge in [0.15, 0.2) is 0 Å². The molecule has 1 heterocycles. The Kier molecular flexibility index (Phi) is 4.13. The molecule has 0 bridgehead atoms. The molecule has 2 aliphatic rings. The van der Waals surface area contributed by atoms with Crippen LogP contribution in [0.5, 0.6) is 0 Å². The lowest BCUT2D eigenvalue weighted by Gasteiger charge is -2.19. The standard InChI is InChI=1S/C18H28N2/c1-13-8-14(2)10-17(9-13)15(3)19-11-16-6-7-20(12-16)18-4-5-18/h8-10,15-16,18-19H,4-7,11-12H2,1-3H3. The molecule has 0 aromatic heterocycles. The summed E-state index contributed by atoms with van der Waals surface area (Å²) in [6.45, 7) is 10.5. The van der Waals surface area contributed by atoms with E-state index in [0.717, 1.165) is 18.5 Å². The maximum Gasteiger partial charge on any atom is 0.0292 e. The SMILES string of the molecule is Cc1cc(C)cc(C(C)NCC2CCN(C3CC3)C2)c1. The maximum atomic E-state index is 3.75. The number of nitrogens with one attached hydrogen (secondary N) is 1. The van der Waals surface area contributed by atoms with Gasteiger partial charge in [-0.3, -0.25) is 0 Å². The first-order chi connectivity index (χ1) is 9.61. The minimum atomic E-state index is 0.462. The van der Waals surface area contributed by atoms with Crippen molar-refractivity contribution < 1.29 is 0 Å². The number of likely N-dealkylation sites (tertiary alicyclic amines) is 1. The molecule has 1 aromatic rings. The topological polar surface area (TPSA) is 15.3 Å². The van der Waals surface area contributed by atoms with Crippen molar-refractivity contribution in [3.8, 4) is 0 Å². The van der Waals surface area contributed by atoms with Crippen LogP contribution >= 0.6 is 0 Å². The fourth-order valence-corrected chi connectivity index (χ4v) is 3.52. The van der Waals surface area contributed by atoms with Crippen LogP contribution in [-0.4, -0.2) is 30.6 Å². The molecule has 3 rings (SSSR count). The zero-order chi connectivity index (χ0) is 14.1. The molecular formula is C18H28N2. The molecule has 1 aliphatic carbocycles. The predicted octanol–water partition coefficient (Wildman–Crippen LogP) is 3.44. The van der Waals surface area contributed by atoms with Crippen molar-refractivity contribution in [2.24, 2.45) is 5.92 Å². The van der Waals surface area contributed by atoms with Crippen molar-refractivity contribution in [1.29, 1.82) is 0 Å². The van der Waals surface area contributed by atoms with E-state index >= 15 is 0 Å². The van der Waals surface area contributed by atoms with E-state index in [9.17, 15) is 0 Å². The highest BCUT2D eigenvalue weighted by Crippen LogP contribution is 2.31. The van der Waals surface area contributed by atoms with Crippen molar-refractivity contribution in [3.63, 3.8) is 0 Å². The molecule has 0 spiro atoms. The van der Waals surface area contributed by atoms with Crippen LogP contribution in [0.3, 0.4) is 0 Å². The summed E-state index contributed by atoms with van der Waals surface area (Å²) in [5, 5.41) is 3.75. The molecule has 20 heavy (non-hydrogen) atoms. The van der Waals surface area contributed by atoms with Gasteiger partial charge in [0, 0.05) is 18.6 Å². The summed E-state index contributed by atoms with van der Waals surface area (Å²) in [7, 11) is 0. The first kappa shape index (κ1) is 14.1. The smallest absolute Gasteiger partial charge is 0.0292 e. The van der Waals surface area contributed by atoms with Gasteiger partial charge in [-0.15, -0.1) is 0 Å². The van der Waals surface area contributed by atoms with Crippen molar-refractivity contribution in [1.82, 2.24) is 10.2 Å². The van der Waals surface area contributed by atoms with E-state index < -0.39 is 0 Å². The van der Waals surface area contributed by atoms with Crippen LogP contribution in [-0.2, 0) is 0 Å². The molecule has 1 N–H and O–H groups in total. The fourth-order valence-electron chi connectivity index (χ4n) is 3.52. The van der Waals surface area contributed by atoms with E-state index in [1.807, 2.05) is 0 Å². The average Bonchev–Trinajstić information content (AvgIpc) is 3.14. The van der Waals surface area contributed by atoms with E-state index in [-0.39, 0.29) is 0 Å². The molecule has 1 saturated carbocycles. The number of nitrogens with zero attached hydrogens (tertiary/aromatic N) is 1. The largest absolute Gasteiger partial charge is 0.310 e. The van der Waals surface area contributed by atoms with E-state index in [2.05, 4.69) is 49.2 Å². The van der Waals surface area contributed by atoms with Crippen molar-refractivity contribution in [2.75, 3.05) is 19.6 Å². The molecule has 2 heteroatoms. The van der Waals surface area contributed by atoms with Crippen molar-refractivity contribution in [3.05, 3.63) is 34.9 Å². The minimum Gasteiger partial charge on any atom is -0.310 e. The van der Waals surface area contributed by atoms with Crippen LogP contribution in [0.15, 0.2) is 18.2 Å². The minimum absolute atomic E-state index is 0.462. The molecule has 2 fully saturated rings. The Morgan fingerprint density at radius 3 is 2.50 bits per heavy atom. The van der Waals surface area contributed by atoms with E-state index in [0.29, 0.717) is 6.04 Å². The van der Waals surface area contributed by atoms with Gasteiger partial charge in [0.1, 0.15) is 0 Å². The van der Waals surface area contributed by atoms with Gasteiger partial charge in [0.25, 0.3) is 0 Å². The molecule has 110 valence electrons. The lowest BCUT2D eigenvalue weighted by Crippen LogP contribution is -2.29. The third-order valence-electron chi connectivity index (χ3n) is 4.84. The molecule has 1 saturated heterocycles. The van der Waals surface area contributed by atoms with Crippen LogP contribution in [0.2, 0.25) is 0 Å². The Morgan fingerprint density at radius 2 is 1.85 bits per heavy atom. The summed E-state index contributed by atoms with van der Waals surface area (Å²) in [5.41, 5.74) is 4.17. The summed E-state index contributed by atoms with van der Waals surface area (Å²) in [5.74, 6) is 0.851. The van der Waals surface area contributed by atoms with Gasteiger partial charge in [-0.1, -0.05) is 29.3 Å². The Hall–Kier alpha value is -0.860. The number of hydrogen-bond acceptors (Lipinski definition) is 2. The summed E-state index contributed by atoms with van der Waals surface area (Å²) in [6, 6.07) is 8.28. The van der Waals surface area contributed by atoms with Crippen LogP contribution in [0, 0.1) is 19.8 Å². The van der Waals surface area contributed by atoms with Gasteiger partial charge in [-0.2, -0.15) is 0 Å². The maximum absolute atomic E-state index is 3.75. The van der Waals surface area contributed by atoms with Gasteiger partial charge in [0.2, 0.25) is 0 Å². The van der Waals surface area contributed by atoms with Crippen LogP contribution in [0.25, 0.3) is 0 Å². The molecule has 0 radical (unpaired) electrons. The highest BCUT2D eigenvalue weighted by molar-refractivity contribution is 5.30. The molecule has 2 atom stereocenters. The normalized spacial score (nSPS) is 25.1. The van der Waals surface area contributed by atoms with Crippen LogP contribution < -0.4 is 5.32 Å². The van der Waals surface area contributed by atoms with Gasteiger partial charge < -0.3 is 10.2 Å². The molecular weight excluding hydrogens is 244 g/mol. The van der Waals surface area contributed by atoms with Gasteiger partial charge >= 0.3 is 0 Å². The second-order valence-electron chi connectivity index (χ2n) is 6.93. The quantitative estimate of drug-likeness (QED) is 0.883. The average molecular weight is 272 g/mol. The second kappa shape index (κ2) is 5.87. The Morgan fingerprint density at radius 1 is 1.15 bits per heavy atom. The number of rotatable bonds is 5. The number of aryl methyl sites for hydroxylation is 2. The number of hydrogen-bond donors (Lipinski definition) is 1. The van der Waals surface area contributed by atoms with Crippen LogP contribution in [0.1, 0.15) is 48.9 Å². The van der Waals surface area contributed by atoms with Crippen molar-refractivity contribution >= 4 is 0 Å². The molecule has 1 aliphatic heterocycles. The van der Waals surface area contributed by atoms with Gasteiger partial charge in [-0.25, -0.2) is 0 Å². The van der Waals surface area contributed by atoms with Gasteiger partial charge in [-0.05, 0) is 64.6 Å². The lowest BCUT2D eigenvalue weighted by molar-refractivity contribution is 0.310. The summed E-state index contributed by atoms with van der Waals surface area (Å²) < 4.78 is 0. The van der Waals surface area contributed by atoms with E-state index in [1.165, 1.54) is 49.0 Å². The zero-order valence-electron chi connectivity index (χ0n) is 13.2. The Bertz CT molecular complexity index is 444. The first-order valence-electron chi connectivity index (χ1n) is 8.17. The van der Waals surface area contributed by atoms with E-state index in [1.54, 1.807) is 0 Å². The van der Waals surface area contributed by atoms with Crippen LogP contribution in [0.4, 0.5) is 0 Å². The predicted molar refractivity (Wildman–Crippen MR) is 85.0 cm³/mol. The van der Waals surface area contributed by atoms with Gasteiger partial charge in [0.05, 0.1) is 0 Å². The second-order valence-corrected chi connectivity index (χ2v) is 6.93. The Balaban J connectivity index is 1.50. The molecule has 2 unspecified atom stereocenters. The number of benzene rings is 1. The Labute approximate surface area is 123 Å². The summed E-state index contributed by atoms with van der Waals surface area (Å²) in [6.07, 6.45) is 4.27. The highest BCUT2D eigenvalue weighted by Gasteiger charge is 2.34. The highest BCUT2D eigenvalue weighted by atomic mass is 15.2. The van der Waals surface area contributed by atoms with Crippen molar-refractivity contribution in [2.45, 2.75) is 52.1 Å². The lowest BCUT2D eigenvalue weighted by atomic mass is 10.0. The first-order valence-corrected chi connectivity index (χ1v) is 8.17.